The second-order valence-electron chi connectivity index (χ2n) is 10.3. The summed E-state index contributed by atoms with van der Waals surface area (Å²) in [7, 11) is 4.56. The molecule has 12 heteroatoms. The van der Waals surface area contributed by atoms with Gasteiger partial charge in [0.05, 0.1) is 41.8 Å². The summed E-state index contributed by atoms with van der Waals surface area (Å²) >= 11 is 5.97. The largest absolute Gasteiger partial charge is 0.493 e. The maximum absolute atomic E-state index is 14.5. The number of carbonyl (C=O) groups is 1. The molecule has 1 fully saturated rings. The number of nitrogens with zero attached hydrogens (tertiary/aromatic N) is 1. The van der Waals surface area contributed by atoms with E-state index in [2.05, 4.69) is 15.6 Å². The molecule has 2 aromatic carbocycles. The highest BCUT2D eigenvalue weighted by atomic mass is 35.5. The smallest absolute Gasteiger partial charge is 0.398 e. The van der Waals surface area contributed by atoms with E-state index in [9.17, 15) is 22.4 Å². The fourth-order valence-corrected chi connectivity index (χ4v) is 4.58. The van der Waals surface area contributed by atoms with Crippen LogP contribution < -0.4 is 20.1 Å². The van der Waals surface area contributed by atoms with E-state index in [-0.39, 0.29) is 34.7 Å². The number of aromatic nitrogens is 1. The molecule has 226 valence electrons. The van der Waals surface area contributed by atoms with E-state index in [0.717, 1.165) is 18.9 Å². The van der Waals surface area contributed by atoms with E-state index in [1.165, 1.54) is 44.6 Å². The number of nitrogens with one attached hydrogen (secondary N) is 2. The Morgan fingerprint density at radius 2 is 1.83 bits per heavy atom. The van der Waals surface area contributed by atoms with Crippen LogP contribution in [0, 0.1) is 5.82 Å². The molecule has 0 saturated heterocycles. The summed E-state index contributed by atoms with van der Waals surface area (Å²) in [6.45, 7) is 1.11. The maximum Gasteiger partial charge on any atom is 0.398 e. The monoisotopic (exact) mass is 609 g/mol. The first kappa shape index (κ1) is 31.5. The Bertz CT molecular complexity index is 1430. The highest BCUT2D eigenvalue weighted by Crippen LogP contribution is 2.38. The van der Waals surface area contributed by atoms with Crippen molar-refractivity contribution < 1.29 is 36.6 Å². The van der Waals surface area contributed by atoms with E-state index < -0.39 is 35.9 Å². The number of amides is 1. The summed E-state index contributed by atoms with van der Waals surface area (Å²) in [5.74, 6) is -2.79. The molecule has 4 rings (SSSR count). The van der Waals surface area contributed by atoms with Crippen LogP contribution in [0.1, 0.15) is 47.3 Å². The molecule has 2 N–H and O–H groups in total. The number of halogens is 5. The van der Waals surface area contributed by atoms with E-state index >= 15 is 0 Å². The number of benzene rings is 2. The third-order valence-electron chi connectivity index (χ3n) is 7.15. The van der Waals surface area contributed by atoms with Crippen LogP contribution in [-0.4, -0.2) is 57.6 Å². The van der Waals surface area contributed by atoms with Gasteiger partial charge in [-0.15, -0.1) is 0 Å². The van der Waals surface area contributed by atoms with E-state index in [0.29, 0.717) is 22.6 Å². The molecule has 7 nitrogen and oxygen atoms in total. The molecular formula is C30H32ClF4N3O4. The molecule has 0 spiro atoms. The van der Waals surface area contributed by atoms with Crippen LogP contribution in [0.15, 0.2) is 48.5 Å². The Labute approximate surface area is 246 Å². The number of pyridine rings is 1. The van der Waals surface area contributed by atoms with Crippen molar-refractivity contribution in [2.24, 2.45) is 0 Å². The van der Waals surface area contributed by atoms with Gasteiger partial charge in [0.25, 0.3) is 5.91 Å². The quantitative estimate of drug-likeness (QED) is 0.236. The van der Waals surface area contributed by atoms with Crippen molar-refractivity contribution in [3.8, 4) is 22.8 Å². The molecule has 1 heterocycles. The van der Waals surface area contributed by atoms with Crippen LogP contribution in [0.5, 0.6) is 11.5 Å². The van der Waals surface area contributed by atoms with Gasteiger partial charge in [0.1, 0.15) is 11.7 Å². The summed E-state index contributed by atoms with van der Waals surface area (Å²) in [5.41, 5.74) is -0.194. The van der Waals surface area contributed by atoms with Gasteiger partial charge in [-0.3, -0.25) is 9.78 Å². The second-order valence-corrected chi connectivity index (χ2v) is 10.7. The van der Waals surface area contributed by atoms with Crippen molar-refractivity contribution in [2.45, 2.75) is 43.5 Å². The number of methoxy groups -OCH3 is 2. The number of likely N-dealkylation sites (N-methyl/N-ethyl adjacent to an activating group) is 1. The molecule has 1 aliphatic carbocycles. The van der Waals surface area contributed by atoms with Crippen molar-refractivity contribution in [3.05, 3.63) is 76.2 Å². The minimum atomic E-state index is -4.77. The van der Waals surface area contributed by atoms with Crippen molar-refractivity contribution in [3.63, 3.8) is 0 Å². The predicted molar refractivity (Wildman–Crippen MR) is 151 cm³/mol. The number of rotatable bonds is 12. The lowest BCUT2D eigenvalue weighted by Gasteiger charge is -2.31. The van der Waals surface area contributed by atoms with Crippen LogP contribution in [0.4, 0.5) is 17.6 Å². The molecule has 2 unspecified atom stereocenters. The topological polar surface area (TPSA) is 81.7 Å². The number of hydrogen-bond donors (Lipinski definition) is 2. The van der Waals surface area contributed by atoms with Crippen LogP contribution in [-0.2, 0) is 10.3 Å². The Balaban J connectivity index is 1.69. The first-order valence-electron chi connectivity index (χ1n) is 13.2. The molecule has 1 amide bonds. The molecule has 1 saturated carbocycles. The van der Waals surface area contributed by atoms with E-state index in [1.54, 1.807) is 26.1 Å². The molecule has 0 bridgehead atoms. The minimum absolute atomic E-state index is 0.0962. The standard InChI is InChI=1S/C30H32ClF4N3O4/c1-29(36-2,16-40-3)19-13-24(17-5-9-23(32)22(31)11-17)38-25(14-19)21(30(33,34)35)15-37-28(39)18-6-10-26(27(12-18)41-4)42-20-7-8-20/h5-6,9-14,20-21,36H,7-8,15-16H2,1-4H3,(H,37,39). The van der Waals surface area contributed by atoms with Gasteiger partial charge in [0.2, 0.25) is 0 Å². The van der Waals surface area contributed by atoms with Gasteiger partial charge < -0.3 is 24.8 Å². The van der Waals surface area contributed by atoms with Crippen molar-refractivity contribution >= 4 is 17.5 Å². The number of hydrogen-bond acceptors (Lipinski definition) is 6. The average Bonchev–Trinajstić information content (AvgIpc) is 3.78. The van der Waals surface area contributed by atoms with Crippen molar-refractivity contribution in [1.29, 1.82) is 0 Å². The lowest BCUT2D eigenvalue weighted by Crippen LogP contribution is -2.41. The molecule has 3 aromatic rings. The molecule has 0 aliphatic heterocycles. The lowest BCUT2D eigenvalue weighted by atomic mass is 9.89. The second kappa shape index (κ2) is 12.8. The van der Waals surface area contributed by atoms with Gasteiger partial charge in [0, 0.05) is 24.8 Å². The van der Waals surface area contributed by atoms with Crippen LogP contribution in [0.2, 0.25) is 5.02 Å². The molecule has 1 aromatic heterocycles. The van der Waals surface area contributed by atoms with Gasteiger partial charge in [-0.1, -0.05) is 11.6 Å². The third-order valence-corrected chi connectivity index (χ3v) is 7.43. The van der Waals surface area contributed by atoms with Gasteiger partial charge in [-0.2, -0.15) is 13.2 Å². The fourth-order valence-electron chi connectivity index (χ4n) is 4.40. The Morgan fingerprint density at radius 1 is 1.10 bits per heavy atom. The Hall–Kier alpha value is -3.41. The Morgan fingerprint density at radius 3 is 2.43 bits per heavy atom. The zero-order valence-corrected chi connectivity index (χ0v) is 24.3. The van der Waals surface area contributed by atoms with Crippen LogP contribution in [0.3, 0.4) is 0 Å². The lowest BCUT2D eigenvalue weighted by molar-refractivity contribution is -0.149. The maximum atomic E-state index is 14.5. The van der Waals surface area contributed by atoms with Crippen LogP contribution >= 0.6 is 11.6 Å². The highest BCUT2D eigenvalue weighted by molar-refractivity contribution is 6.31. The molecular weight excluding hydrogens is 578 g/mol. The first-order valence-corrected chi connectivity index (χ1v) is 13.6. The number of carbonyl (C=O) groups excluding carboxylic acids is 1. The molecule has 42 heavy (non-hydrogen) atoms. The van der Waals surface area contributed by atoms with E-state index in [1.807, 2.05) is 0 Å². The number of alkyl halides is 3. The summed E-state index contributed by atoms with van der Waals surface area (Å²) in [4.78, 5) is 17.3. The molecule has 0 radical (unpaired) electrons. The van der Waals surface area contributed by atoms with Gasteiger partial charge >= 0.3 is 6.18 Å². The van der Waals surface area contributed by atoms with Crippen molar-refractivity contribution in [1.82, 2.24) is 15.6 Å². The first-order chi connectivity index (χ1) is 19.9. The average molecular weight is 610 g/mol. The van der Waals surface area contributed by atoms with Crippen molar-refractivity contribution in [2.75, 3.05) is 34.4 Å². The molecule has 2 atom stereocenters. The Kier molecular flexibility index (Phi) is 9.64. The predicted octanol–water partition coefficient (Wildman–Crippen LogP) is 6.25. The van der Waals surface area contributed by atoms with Gasteiger partial charge in [0.15, 0.2) is 11.5 Å². The summed E-state index contributed by atoms with van der Waals surface area (Å²) < 4.78 is 73.8. The SMILES string of the molecule is CNC(C)(COC)c1cc(-c2ccc(F)c(Cl)c2)nc(C(CNC(=O)c2ccc(OC3CC3)c(OC)c2)C(F)(F)F)c1. The molecule has 1 aliphatic rings. The number of ether oxygens (including phenoxy) is 3. The zero-order valence-electron chi connectivity index (χ0n) is 23.6. The summed E-state index contributed by atoms with van der Waals surface area (Å²) in [6.07, 6.45) is -2.82. The van der Waals surface area contributed by atoms with Gasteiger partial charge in [-0.05, 0) is 80.9 Å². The van der Waals surface area contributed by atoms with Gasteiger partial charge in [-0.25, -0.2) is 4.39 Å². The minimum Gasteiger partial charge on any atom is -0.493 e. The third kappa shape index (κ3) is 7.32. The summed E-state index contributed by atoms with van der Waals surface area (Å²) in [6, 6.07) is 11.2. The fraction of sp³-hybridized carbons (Fsp3) is 0.400. The highest BCUT2D eigenvalue weighted by Gasteiger charge is 2.43. The zero-order chi connectivity index (χ0) is 30.7. The normalized spacial score (nSPS) is 15.5. The van der Waals surface area contributed by atoms with Crippen LogP contribution in [0.25, 0.3) is 11.3 Å². The summed E-state index contributed by atoms with van der Waals surface area (Å²) in [5, 5.41) is 5.29. The van der Waals surface area contributed by atoms with E-state index in [4.69, 9.17) is 25.8 Å².